The summed E-state index contributed by atoms with van der Waals surface area (Å²) in [5, 5.41) is 7.14. The predicted octanol–water partition coefficient (Wildman–Crippen LogP) is 3.91. The highest BCUT2D eigenvalue weighted by Crippen LogP contribution is 2.32. The Morgan fingerprint density at radius 1 is 1.00 bits per heavy atom. The lowest BCUT2D eigenvalue weighted by molar-refractivity contribution is 0.0482. The average Bonchev–Trinajstić information content (AvgIpc) is 2.88. The van der Waals surface area contributed by atoms with Crippen LogP contribution in [0.15, 0.2) is 4.99 Å². The van der Waals surface area contributed by atoms with Crippen LogP contribution in [0.5, 0.6) is 0 Å². The number of rotatable bonds is 6. The molecular formula is C21H41IN4O. The van der Waals surface area contributed by atoms with Crippen LogP contribution < -0.4 is 10.6 Å². The van der Waals surface area contributed by atoms with Crippen molar-refractivity contribution in [2.24, 2.45) is 4.99 Å². The number of fused-ring (bicyclic) bond motifs is 2. The van der Waals surface area contributed by atoms with E-state index in [1.54, 1.807) is 0 Å². The Kier molecular flexibility index (Phi) is 10.7. The highest BCUT2D eigenvalue weighted by molar-refractivity contribution is 14.0. The van der Waals surface area contributed by atoms with Crippen LogP contribution in [0.3, 0.4) is 0 Å². The van der Waals surface area contributed by atoms with E-state index in [1.807, 2.05) is 0 Å². The Hall–Kier alpha value is -0.0800. The standard InChI is InChI=1S/C21H40N4O.HI/c1-3-22-21(23-13-14-26-20-11-6-4-5-7-12-20)24-17-15-18-9-8-10-19(16-17)25(18)2;/h17-20H,3-16H2,1-2H3,(H2,22,23,24);1H. The third kappa shape index (κ3) is 7.35. The molecule has 2 saturated heterocycles. The summed E-state index contributed by atoms with van der Waals surface area (Å²) in [6.07, 6.45) is 15.0. The van der Waals surface area contributed by atoms with Crippen LogP contribution in [0.4, 0.5) is 0 Å². The molecule has 6 heteroatoms. The van der Waals surface area contributed by atoms with Gasteiger partial charge in [0, 0.05) is 24.7 Å². The first-order valence-corrected chi connectivity index (χ1v) is 11.1. The molecule has 5 nitrogen and oxygen atoms in total. The minimum Gasteiger partial charge on any atom is -0.376 e. The smallest absolute Gasteiger partial charge is 0.191 e. The molecule has 0 spiro atoms. The van der Waals surface area contributed by atoms with E-state index in [2.05, 4.69) is 29.5 Å². The number of hydrogen-bond donors (Lipinski definition) is 2. The zero-order valence-electron chi connectivity index (χ0n) is 17.4. The van der Waals surface area contributed by atoms with Gasteiger partial charge in [0.25, 0.3) is 0 Å². The number of ether oxygens (including phenoxy) is 1. The van der Waals surface area contributed by atoms with Crippen LogP contribution in [-0.4, -0.2) is 61.8 Å². The molecule has 3 aliphatic rings. The van der Waals surface area contributed by atoms with Crippen molar-refractivity contribution in [2.45, 2.75) is 102 Å². The van der Waals surface area contributed by atoms with Crippen molar-refractivity contribution in [2.75, 3.05) is 26.7 Å². The Bertz CT molecular complexity index is 426. The molecule has 0 aromatic carbocycles. The van der Waals surface area contributed by atoms with Crippen LogP contribution >= 0.6 is 24.0 Å². The van der Waals surface area contributed by atoms with E-state index in [4.69, 9.17) is 9.73 Å². The maximum atomic E-state index is 6.09. The van der Waals surface area contributed by atoms with E-state index < -0.39 is 0 Å². The number of guanidine groups is 1. The Balaban J connectivity index is 0.00000261. The van der Waals surface area contributed by atoms with Gasteiger partial charge >= 0.3 is 0 Å². The minimum atomic E-state index is 0. The first kappa shape index (κ1) is 23.2. The van der Waals surface area contributed by atoms with Gasteiger partial charge in [-0.1, -0.05) is 32.1 Å². The number of aliphatic imine (C=N–C) groups is 1. The van der Waals surface area contributed by atoms with Gasteiger partial charge in [-0.25, -0.2) is 0 Å². The SMILES string of the molecule is CCNC(=NCCOC1CCCCCC1)NC1CC2CCCC(C1)N2C.I. The Morgan fingerprint density at radius 3 is 2.30 bits per heavy atom. The first-order valence-electron chi connectivity index (χ1n) is 11.1. The largest absolute Gasteiger partial charge is 0.376 e. The second-order valence-corrected chi connectivity index (χ2v) is 8.46. The van der Waals surface area contributed by atoms with E-state index in [0.717, 1.165) is 37.7 Å². The molecule has 0 radical (unpaired) electrons. The molecule has 2 atom stereocenters. The average molecular weight is 492 g/mol. The quantitative estimate of drug-likeness (QED) is 0.194. The Morgan fingerprint density at radius 2 is 1.67 bits per heavy atom. The zero-order chi connectivity index (χ0) is 18.2. The van der Waals surface area contributed by atoms with Crippen LogP contribution in [0, 0.1) is 0 Å². The zero-order valence-corrected chi connectivity index (χ0v) is 19.8. The van der Waals surface area contributed by atoms with E-state index in [9.17, 15) is 0 Å². The van der Waals surface area contributed by atoms with Gasteiger partial charge in [0.05, 0.1) is 19.3 Å². The van der Waals surface area contributed by atoms with Crippen molar-refractivity contribution in [3.8, 4) is 0 Å². The van der Waals surface area contributed by atoms with E-state index in [1.165, 1.54) is 70.6 Å². The van der Waals surface area contributed by atoms with Crippen LogP contribution in [0.1, 0.15) is 77.6 Å². The molecule has 3 fully saturated rings. The molecule has 2 bridgehead atoms. The summed E-state index contributed by atoms with van der Waals surface area (Å²) in [5.74, 6) is 0.976. The highest BCUT2D eigenvalue weighted by atomic mass is 127. The molecule has 1 aliphatic carbocycles. The van der Waals surface area contributed by atoms with Crippen LogP contribution in [0.25, 0.3) is 0 Å². The summed E-state index contributed by atoms with van der Waals surface area (Å²) in [6, 6.07) is 2.06. The van der Waals surface area contributed by atoms with E-state index in [0.29, 0.717) is 12.1 Å². The fourth-order valence-electron chi connectivity index (χ4n) is 5.03. The molecule has 2 heterocycles. The molecule has 2 N–H and O–H groups in total. The van der Waals surface area contributed by atoms with Gasteiger partial charge in [-0.2, -0.15) is 0 Å². The number of nitrogens with zero attached hydrogens (tertiary/aromatic N) is 2. The second-order valence-electron chi connectivity index (χ2n) is 8.46. The monoisotopic (exact) mass is 492 g/mol. The summed E-state index contributed by atoms with van der Waals surface area (Å²) in [5.41, 5.74) is 0. The van der Waals surface area contributed by atoms with Gasteiger partial charge in [-0.3, -0.25) is 4.99 Å². The van der Waals surface area contributed by atoms with E-state index >= 15 is 0 Å². The van der Waals surface area contributed by atoms with Crippen molar-refractivity contribution >= 4 is 29.9 Å². The number of hydrogen-bond acceptors (Lipinski definition) is 3. The normalized spacial score (nSPS) is 30.3. The van der Waals surface area contributed by atoms with Gasteiger partial charge in [0.15, 0.2) is 5.96 Å². The van der Waals surface area contributed by atoms with Crippen molar-refractivity contribution < 1.29 is 4.74 Å². The molecule has 0 amide bonds. The molecule has 2 unspecified atom stereocenters. The molecule has 2 aliphatic heterocycles. The number of piperidine rings is 2. The summed E-state index contributed by atoms with van der Waals surface area (Å²) in [6.45, 7) is 4.56. The van der Waals surface area contributed by atoms with Crippen molar-refractivity contribution in [3.63, 3.8) is 0 Å². The molecular weight excluding hydrogens is 451 g/mol. The summed E-state index contributed by atoms with van der Waals surface area (Å²) >= 11 is 0. The summed E-state index contributed by atoms with van der Waals surface area (Å²) in [7, 11) is 2.31. The molecule has 158 valence electrons. The van der Waals surface area contributed by atoms with Crippen LogP contribution in [-0.2, 0) is 4.74 Å². The third-order valence-electron chi connectivity index (χ3n) is 6.54. The summed E-state index contributed by atoms with van der Waals surface area (Å²) < 4.78 is 6.09. The summed E-state index contributed by atoms with van der Waals surface area (Å²) in [4.78, 5) is 7.40. The lowest BCUT2D eigenvalue weighted by Gasteiger charge is -2.47. The molecule has 3 rings (SSSR count). The number of nitrogens with one attached hydrogen (secondary N) is 2. The van der Waals surface area contributed by atoms with Crippen molar-refractivity contribution in [1.82, 2.24) is 15.5 Å². The predicted molar refractivity (Wildman–Crippen MR) is 124 cm³/mol. The van der Waals surface area contributed by atoms with Crippen molar-refractivity contribution in [1.29, 1.82) is 0 Å². The lowest BCUT2D eigenvalue weighted by atomic mass is 9.82. The maximum absolute atomic E-state index is 6.09. The maximum Gasteiger partial charge on any atom is 0.191 e. The van der Waals surface area contributed by atoms with Gasteiger partial charge in [0.1, 0.15) is 0 Å². The van der Waals surface area contributed by atoms with Crippen LogP contribution in [0.2, 0.25) is 0 Å². The first-order chi connectivity index (χ1) is 12.8. The molecule has 27 heavy (non-hydrogen) atoms. The van der Waals surface area contributed by atoms with Gasteiger partial charge < -0.3 is 20.3 Å². The molecule has 0 aromatic heterocycles. The second kappa shape index (κ2) is 12.5. The fourth-order valence-corrected chi connectivity index (χ4v) is 5.03. The third-order valence-corrected chi connectivity index (χ3v) is 6.54. The fraction of sp³-hybridized carbons (Fsp3) is 0.952. The molecule has 0 aromatic rings. The number of halogens is 1. The highest BCUT2D eigenvalue weighted by Gasteiger charge is 2.36. The molecule has 1 saturated carbocycles. The minimum absolute atomic E-state index is 0. The van der Waals surface area contributed by atoms with Gasteiger partial charge in [-0.05, 0) is 52.5 Å². The topological polar surface area (TPSA) is 48.9 Å². The van der Waals surface area contributed by atoms with Crippen molar-refractivity contribution in [3.05, 3.63) is 0 Å². The van der Waals surface area contributed by atoms with Gasteiger partial charge in [-0.15, -0.1) is 24.0 Å². The van der Waals surface area contributed by atoms with Gasteiger partial charge in [0.2, 0.25) is 0 Å². The lowest BCUT2D eigenvalue weighted by Crippen LogP contribution is -2.56. The Labute approximate surface area is 183 Å². The van der Waals surface area contributed by atoms with E-state index in [-0.39, 0.29) is 24.0 Å².